The summed E-state index contributed by atoms with van der Waals surface area (Å²) in [5, 5.41) is 3.08. The Bertz CT molecular complexity index is 1010. The number of carbonyl (C=O) groups is 1. The summed E-state index contributed by atoms with van der Waals surface area (Å²) in [5.74, 6) is 0.0139. The second-order valence-electron chi connectivity index (χ2n) is 8.10. The summed E-state index contributed by atoms with van der Waals surface area (Å²) in [4.78, 5) is 17.5. The van der Waals surface area contributed by atoms with Gasteiger partial charge >= 0.3 is 0 Å². The summed E-state index contributed by atoms with van der Waals surface area (Å²) in [6, 6.07) is 22.9. The van der Waals surface area contributed by atoms with Crippen molar-refractivity contribution in [1.29, 1.82) is 0 Å². The van der Waals surface area contributed by atoms with Crippen LogP contribution in [0.2, 0.25) is 0 Å². The van der Waals surface area contributed by atoms with Gasteiger partial charge in [-0.05, 0) is 42.0 Å². The molecule has 1 fully saturated rings. The van der Waals surface area contributed by atoms with E-state index in [0.717, 1.165) is 45.1 Å². The van der Waals surface area contributed by atoms with Crippen molar-refractivity contribution in [2.24, 2.45) is 0 Å². The molecule has 0 bridgehead atoms. The third-order valence-corrected chi connectivity index (χ3v) is 6.13. The number of anilines is 2. The van der Waals surface area contributed by atoms with Crippen LogP contribution in [0.1, 0.15) is 17.3 Å². The fourth-order valence-electron chi connectivity index (χ4n) is 4.58. The average molecular weight is 417 g/mol. The summed E-state index contributed by atoms with van der Waals surface area (Å²) in [6.45, 7) is 5.43. The maximum absolute atomic E-state index is 12.9. The highest BCUT2D eigenvalue weighted by atomic mass is 16.5. The molecule has 6 heteroatoms. The van der Waals surface area contributed by atoms with E-state index in [-0.39, 0.29) is 11.9 Å². The van der Waals surface area contributed by atoms with Gasteiger partial charge in [0.1, 0.15) is 0 Å². The number of fused-ring (bicyclic) bond motifs is 1. The minimum Gasteiger partial charge on any atom is -0.378 e. The number of rotatable bonds is 5. The fraction of sp³-hybridized carbons (Fsp3) is 0.320. The van der Waals surface area contributed by atoms with E-state index in [2.05, 4.69) is 74.4 Å². The Hall–Kier alpha value is -3.09. The van der Waals surface area contributed by atoms with Gasteiger partial charge < -0.3 is 19.5 Å². The van der Waals surface area contributed by atoms with Gasteiger partial charge in [-0.3, -0.25) is 9.69 Å². The third-order valence-electron chi connectivity index (χ3n) is 6.13. The predicted molar refractivity (Wildman–Crippen MR) is 122 cm³/mol. The summed E-state index contributed by atoms with van der Waals surface area (Å²) in [6.07, 6.45) is 2.12. The molecule has 6 nitrogen and oxygen atoms in total. The monoisotopic (exact) mass is 416 g/mol. The Morgan fingerprint density at radius 1 is 0.903 bits per heavy atom. The highest BCUT2D eigenvalue weighted by Gasteiger charge is 2.29. The number of carbonyl (C=O) groups excluding carboxylic acids is 1. The number of hydrogen-bond acceptors (Lipinski definition) is 4. The number of benzene rings is 2. The smallest absolute Gasteiger partial charge is 0.238 e. The van der Waals surface area contributed by atoms with Crippen LogP contribution >= 0.6 is 0 Å². The molecule has 5 rings (SSSR count). The second-order valence-corrected chi connectivity index (χ2v) is 8.10. The number of amides is 1. The number of aromatic nitrogens is 1. The summed E-state index contributed by atoms with van der Waals surface area (Å²) >= 11 is 0. The normalized spacial score (nSPS) is 19.1. The molecule has 0 aliphatic carbocycles. The van der Waals surface area contributed by atoms with Gasteiger partial charge in [-0.15, -0.1) is 0 Å². The molecule has 0 radical (unpaired) electrons. The van der Waals surface area contributed by atoms with E-state index in [1.807, 2.05) is 18.2 Å². The van der Waals surface area contributed by atoms with E-state index in [0.29, 0.717) is 6.54 Å². The van der Waals surface area contributed by atoms with Gasteiger partial charge in [-0.25, -0.2) is 0 Å². The summed E-state index contributed by atoms with van der Waals surface area (Å²) < 4.78 is 7.71. The largest absolute Gasteiger partial charge is 0.378 e. The van der Waals surface area contributed by atoms with E-state index in [1.165, 1.54) is 16.9 Å². The first-order valence-electron chi connectivity index (χ1n) is 10.9. The van der Waals surface area contributed by atoms with Crippen LogP contribution in [0.25, 0.3) is 0 Å². The second kappa shape index (κ2) is 8.96. The predicted octanol–water partition coefficient (Wildman–Crippen LogP) is 3.37. The SMILES string of the molecule is O=C(CN1CCn2cccc2[C@@H]1c1ccccc1)Nc1ccc(N2CCOCC2)cc1. The van der Waals surface area contributed by atoms with Gasteiger partial charge in [0, 0.05) is 49.4 Å². The minimum atomic E-state index is 0.0139. The third kappa shape index (κ3) is 4.36. The fourth-order valence-corrected chi connectivity index (χ4v) is 4.58. The van der Waals surface area contributed by atoms with Crippen LogP contribution in [0.15, 0.2) is 72.9 Å². The Balaban J connectivity index is 1.27. The zero-order valence-electron chi connectivity index (χ0n) is 17.6. The lowest BCUT2D eigenvalue weighted by molar-refractivity contribution is -0.117. The molecule has 1 N–H and O–H groups in total. The molecule has 3 aromatic rings. The molecule has 1 atom stereocenters. The van der Waals surface area contributed by atoms with Crippen LogP contribution in [-0.2, 0) is 16.1 Å². The molecule has 160 valence electrons. The summed E-state index contributed by atoms with van der Waals surface area (Å²) in [7, 11) is 0. The van der Waals surface area contributed by atoms with Crippen molar-refractivity contribution < 1.29 is 9.53 Å². The maximum atomic E-state index is 12.9. The van der Waals surface area contributed by atoms with Crippen molar-refractivity contribution in [2.45, 2.75) is 12.6 Å². The molecule has 2 aromatic carbocycles. The molecule has 0 unspecified atom stereocenters. The van der Waals surface area contributed by atoms with Crippen molar-refractivity contribution in [2.75, 3.05) is 49.6 Å². The van der Waals surface area contributed by atoms with Crippen LogP contribution in [0.4, 0.5) is 11.4 Å². The van der Waals surface area contributed by atoms with Gasteiger partial charge in [0.2, 0.25) is 5.91 Å². The lowest BCUT2D eigenvalue weighted by Gasteiger charge is -2.36. The van der Waals surface area contributed by atoms with Crippen molar-refractivity contribution in [3.63, 3.8) is 0 Å². The van der Waals surface area contributed by atoms with Gasteiger partial charge in [-0.1, -0.05) is 30.3 Å². The Labute approximate surface area is 183 Å². The van der Waals surface area contributed by atoms with Crippen LogP contribution in [0.3, 0.4) is 0 Å². The highest BCUT2D eigenvalue weighted by molar-refractivity contribution is 5.92. The maximum Gasteiger partial charge on any atom is 0.238 e. The lowest BCUT2D eigenvalue weighted by Crippen LogP contribution is -2.42. The number of nitrogens with zero attached hydrogens (tertiary/aromatic N) is 3. The Kier molecular flexibility index (Phi) is 5.74. The molecular formula is C25H28N4O2. The molecule has 0 saturated carbocycles. The minimum absolute atomic E-state index is 0.0139. The highest BCUT2D eigenvalue weighted by Crippen LogP contribution is 2.32. The molecule has 1 saturated heterocycles. The molecule has 2 aliphatic heterocycles. The van der Waals surface area contributed by atoms with Crippen LogP contribution in [-0.4, -0.2) is 54.8 Å². The van der Waals surface area contributed by atoms with Crippen molar-refractivity contribution in [3.05, 3.63) is 84.2 Å². The van der Waals surface area contributed by atoms with Crippen LogP contribution < -0.4 is 10.2 Å². The number of nitrogens with one attached hydrogen (secondary N) is 1. The Morgan fingerprint density at radius 2 is 1.68 bits per heavy atom. The number of morpholine rings is 1. The van der Waals surface area contributed by atoms with Gasteiger partial charge in [0.15, 0.2) is 0 Å². The molecule has 2 aliphatic rings. The van der Waals surface area contributed by atoms with Gasteiger partial charge in [0.25, 0.3) is 0 Å². The Morgan fingerprint density at radius 3 is 2.45 bits per heavy atom. The number of ether oxygens (including phenoxy) is 1. The van der Waals surface area contributed by atoms with E-state index >= 15 is 0 Å². The zero-order valence-corrected chi connectivity index (χ0v) is 17.6. The first-order chi connectivity index (χ1) is 15.3. The van der Waals surface area contributed by atoms with E-state index < -0.39 is 0 Å². The average Bonchev–Trinajstić information content (AvgIpc) is 3.29. The molecule has 31 heavy (non-hydrogen) atoms. The van der Waals surface area contributed by atoms with E-state index in [9.17, 15) is 4.79 Å². The quantitative estimate of drug-likeness (QED) is 0.693. The number of hydrogen-bond donors (Lipinski definition) is 1. The molecule has 3 heterocycles. The standard InChI is InChI=1S/C25H28N4O2/c30-24(26-21-8-10-22(11-9-21)27-15-17-31-18-16-27)19-29-14-13-28-12-4-7-23(28)25(29)20-5-2-1-3-6-20/h1-12,25H,13-19H2,(H,26,30)/t25-/m0/s1. The van der Waals surface area contributed by atoms with E-state index in [4.69, 9.17) is 4.74 Å². The van der Waals surface area contributed by atoms with Crippen LogP contribution in [0.5, 0.6) is 0 Å². The van der Waals surface area contributed by atoms with Gasteiger partial charge in [0.05, 0.1) is 25.8 Å². The van der Waals surface area contributed by atoms with E-state index in [1.54, 1.807) is 0 Å². The van der Waals surface area contributed by atoms with Crippen molar-refractivity contribution in [1.82, 2.24) is 9.47 Å². The molecule has 1 aromatic heterocycles. The summed E-state index contributed by atoms with van der Waals surface area (Å²) in [5.41, 5.74) is 4.45. The topological polar surface area (TPSA) is 49.7 Å². The molecular weight excluding hydrogens is 388 g/mol. The van der Waals surface area contributed by atoms with Crippen LogP contribution in [0, 0.1) is 0 Å². The van der Waals surface area contributed by atoms with Gasteiger partial charge in [-0.2, -0.15) is 0 Å². The lowest BCUT2D eigenvalue weighted by atomic mass is 10.00. The molecule has 0 spiro atoms. The first-order valence-corrected chi connectivity index (χ1v) is 10.9. The van der Waals surface area contributed by atoms with Crippen molar-refractivity contribution in [3.8, 4) is 0 Å². The van der Waals surface area contributed by atoms with Crippen molar-refractivity contribution >= 4 is 17.3 Å². The zero-order chi connectivity index (χ0) is 21.0. The first kappa shape index (κ1) is 19.8. The molecule has 1 amide bonds.